The topological polar surface area (TPSA) is 41.6 Å². The monoisotopic (exact) mass is 326 g/mol. The lowest BCUT2D eigenvalue weighted by Crippen LogP contribution is -2.37. The fourth-order valence-electron chi connectivity index (χ4n) is 2.74. The smallest absolute Gasteiger partial charge is 0.227 e. The van der Waals surface area contributed by atoms with Crippen LogP contribution in [0.4, 0.5) is 0 Å². The van der Waals surface area contributed by atoms with Gasteiger partial charge in [-0.3, -0.25) is 4.79 Å². The molecule has 1 atom stereocenters. The first kappa shape index (κ1) is 18.9. The number of amides is 1. The maximum absolute atomic E-state index is 12.7. The van der Waals surface area contributed by atoms with Crippen LogP contribution in [0.3, 0.4) is 0 Å². The number of hydrogen-bond donors (Lipinski definition) is 1. The Morgan fingerprint density at radius 1 is 1.32 bits per heavy atom. The molecule has 1 aromatic carbocycles. The van der Waals surface area contributed by atoms with E-state index in [4.69, 9.17) is 4.74 Å². The second-order valence-corrected chi connectivity index (χ2v) is 5.64. The van der Waals surface area contributed by atoms with Crippen LogP contribution in [0.1, 0.15) is 24.8 Å². The largest absolute Gasteiger partial charge is 0.385 e. The molecule has 22 heavy (non-hydrogen) atoms. The Labute approximate surface area is 139 Å². The van der Waals surface area contributed by atoms with E-state index in [2.05, 4.69) is 17.4 Å². The number of nitrogens with one attached hydrogen (secondary N) is 1. The van der Waals surface area contributed by atoms with Gasteiger partial charge in [0, 0.05) is 33.4 Å². The summed E-state index contributed by atoms with van der Waals surface area (Å²) in [6.07, 6.45) is 2.95. The number of rotatable bonds is 8. The van der Waals surface area contributed by atoms with E-state index < -0.39 is 0 Å². The van der Waals surface area contributed by atoms with Gasteiger partial charge in [0.15, 0.2) is 0 Å². The fourth-order valence-corrected chi connectivity index (χ4v) is 2.74. The summed E-state index contributed by atoms with van der Waals surface area (Å²) >= 11 is 0. The van der Waals surface area contributed by atoms with Crippen LogP contribution in [-0.2, 0) is 16.1 Å². The Balaban J connectivity index is 0.00000242. The molecule has 1 fully saturated rings. The minimum atomic E-state index is 0. The van der Waals surface area contributed by atoms with Crippen molar-refractivity contribution >= 4 is 18.3 Å². The molecule has 0 aromatic heterocycles. The van der Waals surface area contributed by atoms with Crippen molar-refractivity contribution in [2.24, 2.45) is 5.92 Å². The van der Waals surface area contributed by atoms with Gasteiger partial charge in [0.05, 0.1) is 5.92 Å². The number of hydrogen-bond acceptors (Lipinski definition) is 3. The van der Waals surface area contributed by atoms with Gasteiger partial charge in [-0.2, -0.15) is 0 Å². The van der Waals surface area contributed by atoms with Gasteiger partial charge in [-0.25, -0.2) is 0 Å². The Kier molecular flexibility index (Phi) is 9.13. The van der Waals surface area contributed by atoms with Gasteiger partial charge in [-0.05, 0) is 31.4 Å². The molecular formula is C17H27ClN2O2. The van der Waals surface area contributed by atoms with Gasteiger partial charge in [0.1, 0.15) is 0 Å². The van der Waals surface area contributed by atoms with Crippen LogP contribution < -0.4 is 5.32 Å². The molecule has 0 radical (unpaired) electrons. The van der Waals surface area contributed by atoms with Gasteiger partial charge in [-0.15, -0.1) is 12.4 Å². The lowest BCUT2D eigenvalue weighted by Gasteiger charge is -2.25. The van der Waals surface area contributed by atoms with Crippen LogP contribution in [0.2, 0.25) is 0 Å². The summed E-state index contributed by atoms with van der Waals surface area (Å²) in [5.41, 5.74) is 1.20. The van der Waals surface area contributed by atoms with Crippen molar-refractivity contribution < 1.29 is 9.53 Å². The Bertz CT molecular complexity index is 422. The van der Waals surface area contributed by atoms with Crippen molar-refractivity contribution in [3.63, 3.8) is 0 Å². The number of unbranched alkanes of at least 4 members (excludes halogenated alkanes) is 1. The highest BCUT2D eigenvalue weighted by Crippen LogP contribution is 2.15. The zero-order chi connectivity index (χ0) is 14.9. The summed E-state index contributed by atoms with van der Waals surface area (Å²) in [5.74, 6) is 0.442. The molecule has 1 N–H and O–H groups in total. The Morgan fingerprint density at radius 3 is 2.73 bits per heavy atom. The predicted molar refractivity (Wildman–Crippen MR) is 91.2 cm³/mol. The summed E-state index contributed by atoms with van der Waals surface area (Å²) in [6.45, 7) is 4.07. The van der Waals surface area contributed by atoms with Crippen molar-refractivity contribution in [1.29, 1.82) is 0 Å². The number of benzene rings is 1. The third-order valence-electron chi connectivity index (χ3n) is 3.96. The molecule has 0 bridgehead atoms. The average Bonchev–Trinajstić information content (AvgIpc) is 3.05. The molecule has 1 unspecified atom stereocenters. The first-order valence-electron chi connectivity index (χ1n) is 7.83. The number of halogens is 1. The van der Waals surface area contributed by atoms with E-state index in [-0.39, 0.29) is 18.3 Å². The molecule has 0 aliphatic carbocycles. The van der Waals surface area contributed by atoms with Crippen molar-refractivity contribution in [2.75, 3.05) is 33.4 Å². The van der Waals surface area contributed by atoms with Crippen LogP contribution in [0.5, 0.6) is 0 Å². The Hall–Kier alpha value is -1.10. The number of nitrogens with zero attached hydrogens (tertiary/aromatic N) is 1. The van der Waals surface area contributed by atoms with Crippen LogP contribution in [0, 0.1) is 5.92 Å². The lowest BCUT2D eigenvalue weighted by atomic mass is 10.1. The summed E-state index contributed by atoms with van der Waals surface area (Å²) in [7, 11) is 1.72. The molecule has 1 heterocycles. The van der Waals surface area contributed by atoms with E-state index >= 15 is 0 Å². The molecular weight excluding hydrogens is 300 g/mol. The second-order valence-electron chi connectivity index (χ2n) is 5.64. The van der Waals surface area contributed by atoms with Crippen molar-refractivity contribution in [1.82, 2.24) is 10.2 Å². The molecule has 124 valence electrons. The normalized spacial score (nSPS) is 17.0. The van der Waals surface area contributed by atoms with E-state index in [0.717, 1.165) is 45.5 Å². The summed E-state index contributed by atoms with van der Waals surface area (Å²) in [4.78, 5) is 14.7. The molecule has 4 nitrogen and oxygen atoms in total. The fraction of sp³-hybridized carbons (Fsp3) is 0.588. The third kappa shape index (κ3) is 5.95. The van der Waals surface area contributed by atoms with Crippen LogP contribution in [0.15, 0.2) is 30.3 Å². The maximum Gasteiger partial charge on any atom is 0.227 e. The van der Waals surface area contributed by atoms with Gasteiger partial charge in [-0.1, -0.05) is 30.3 Å². The summed E-state index contributed by atoms with van der Waals surface area (Å²) in [6, 6.07) is 10.2. The third-order valence-corrected chi connectivity index (χ3v) is 3.96. The number of ether oxygens (including phenoxy) is 1. The first-order chi connectivity index (χ1) is 10.3. The van der Waals surface area contributed by atoms with Crippen molar-refractivity contribution in [3.8, 4) is 0 Å². The molecule has 0 spiro atoms. The van der Waals surface area contributed by atoms with Gasteiger partial charge < -0.3 is 15.0 Å². The van der Waals surface area contributed by atoms with E-state index in [9.17, 15) is 4.79 Å². The number of methoxy groups -OCH3 is 1. The summed E-state index contributed by atoms with van der Waals surface area (Å²) in [5, 5.41) is 3.28. The molecule has 1 amide bonds. The molecule has 1 saturated heterocycles. The van der Waals surface area contributed by atoms with E-state index in [1.807, 2.05) is 23.1 Å². The lowest BCUT2D eigenvalue weighted by molar-refractivity contribution is -0.135. The van der Waals surface area contributed by atoms with E-state index in [1.165, 1.54) is 5.56 Å². The Morgan fingerprint density at radius 2 is 2.09 bits per heavy atom. The SMILES string of the molecule is COCCCCN(Cc1ccccc1)C(=O)C1CCNC1.Cl. The molecule has 1 aliphatic heterocycles. The van der Waals surface area contributed by atoms with Gasteiger partial charge >= 0.3 is 0 Å². The minimum absolute atomic E-state index is 0. The summed E-state index contributed by atoms with van der Waals surface area (Å²) < 4.78 is 5.09. The minimum Gasteiger partial charge on any atom is -0.385 e. The average molecular weight is 327 g/mol. The first-order valence-corrected chi connectivity index (χ1v) is 7.83. The van der Waals surface area contributed by atoms with Crippen LogP contribution in [0.25, 0.3) is 0 Å². The van der Waals surface area contributed by atoms with Crippen LogP contribution >= 0.6 is 12.4 Å². The van der Waals surface area contributed by atoms with Crippen molar-refractivity contribution in [2.45, 2.75) is 25.8 Å². The molecule has 1 aliphatic rings. The maximum atomic E-state index is 12.7. The number of carbonyl (C=O) groups is 1. The second kappa shape index (κ2) is 10.6. The zero-order valence-electron chi connectivity index (χ0n) is 13.3. The number of carbonyl (C=O) groups excluding carboxylic acids is 1. The van der Waals surface area contributed by atoms with Gasteiger partial charge in [0.2, 0.25) is 5.91 Å². The highest BCUT2D eigenvalue weighted by atomic mass is 35.5. The van der Waals surface area contributed by atoms with E-state index in [0.29, 0.717) is 12.5 Å². The van der Waals surface area contributed by atoms with Gasteiger partial charge in [0.25, 0.3) is 0 Å². The quantitative estimate of drug-likeness (QED) is 0.746. The van der Waals surface area contributed by atoms with Crippen LogP contribution in [-0.4, -0.2) is 44.2 Å². The molecule has 2 rings (SSSR count). The standard InChI is InChI=1S/C17H26N2O2.ClH/c1-21-12-6-5-11-19(14-15-7-3-2-4-8-15)17(20)16-9-10-18-13-16;/h2-4,7-8,16,18H,5-6,9-14H2,1H3;1H. The van der Waals surface area contributed by atoms with Crippen molar-refractivity contribution in [3.05, 3.63) is 35.9 Å². The molecule has 0 saturated carbocycles. The highest BCUT2D eigenvalue weighted by Gasteiger charge is 2.26. The van der Waals surface area contributed by atoms with E-state index in [1.54, 1.807) is 7.11 Å². The molecule has 1 aromatic rings. The highest BCUT2D eigenvalue weighted by molar-refractivity contribution is 5.85. The molecule has 5 heteroatoms. The predicted octanol–water partition coefficient (Wildman–Crippen LogP) is 2.47. The zero-order valence-corrected chi connectivity index (χ0v) is 14.1.